The number of aromatic nitrogens is 1. The maximum absolute atomic E-state index is 6.19. The predicted molar refractivity (Wildman–Crippen MR) is 117 cm³/mol. The van der Waals surface area contributed by atoms with Crippen molar-refractivity contribution in [1.29, 1.82) is 0 Å². The van der Waals surface area contributed by atoms with Gasteiger partial charge in [0.05, 0.1) is 5.69 Å². The summed E-state index contributed by atoms with van der Waals surface area (Å²) in [5, 5.41) is 2.33. The van der Waals surface area contributed by atoms with Crippen molar-refractivity contribution in [2.45, 2.75) is 25.7 Å². The van der Waals surface area contributed by atoms with Gasteiger partial charge in [0.2, 0.25) is 0 Å². The highest BCUT2D eigenvalue weighted by Crippen LogP contribution is 2.34. The van der Waals surface area contributed by atoms with E-state index >= 15 is 0 Å². The lowest BCUT2D eigenvalue weighted by Crippen LogP contribution is -2.32. The third-order valence-corrected chi connectivity index (χ3v) is 6.22. The van der Waals surface area contributed by atoms with Crippen LogP contribution in [0.15, 0.2) is 59.2 Å². The fourth-order valence-corrected chi connectivity index (χ4v) is 4.02. The van der Waals surface area contributed by atoms with Crippen molar-refractivity contribution in [3.8, 4) is 17.0 Å². The first-order chi connectivity index (χ1) is 13.7. The molecule has 2 aromatic carbocycles. The van der Waals surface area contributed by atoms with Crippen LogP contribution in [0, 0.1) is 11.8 Å². The summed E-state index contributed by atoms with van der Waals surface area (Å²) in [6.07, 6.45) is 7.45. The molecule has 0 unspecified atom stereocenters. The Morgan fingerprint density at radius 2 is 1.64 bits per heavy atom. The summed E-state index contributed by atoms with van der Waals surface area (Å²) in [5.41, 5.74) is 2.14. The van der Waals surface area contributed by atoms with Gasteiger partial charge in [-0.3, -0.25) is 9.88 Å². The molecule has 4 heteroatoms. The lowest BCUT2D eigenvalue weighted by molar-refractivity contribution is 0.116. The molecule has 0 atom stereocenters. The maximum atomic E-state index is 6.19. The number of hydrogen-bond donors (Lipinski definition) is 0. The van der Waals surface area contributed by atoms with E-state index in [1.807, 2.05) is 6.20 Å². The lowest BCUT2D eigenvalue weighted by Gasteiger charge is -2.22. The SMILES string of the molecule is Brc1ccc(-c2nccc3cc(OCN(CC4CC4)CC4CC4)ccc23)cc1. The number of benzene rings is 2. The highest BCUT2D eigenvalue weighted by Gasteiger charge is 2.29. The van der Waals surface area contributed by atoms with Crippen LogP contribution in [0.1, 0.15) is 25.7 Å². The quantitative estimate of drug-likeness (QED) is 0.397. The Morgan fingerprint density at radius 1 is 0.929 bits per heavy atom. The van der Waals surface area contributed by atoms with E-state index in [1.165, 1.54) is 44.2 Å². The smallest absolute Gasteiger partial charge is 0.142 e. The van der Waals surface area contributed by atoms with Gasteiger partial charge in [-0.25, -0.2) is 0 Å². The molecule has 2 fully saturated rings. The zero-order valence-corrected chi connectivity index (χ0v) is 17.6. The van der Waals surface area contributed by atoms with E-state index in [4.69, 9.17) is 4.74 Å². The molecule has 0 spiro atoms. The van der Waals surface area contributed by atoms with Crippen LogP contribution in [-0.2, 0) is 0 Å². The second kappa shape index (κ2) is 7.84. The van der Waals surface area contributed by atoms with Gasteiger partial charge in [-0.15, -0.1) is 0 Å². The molecule has 2 saturated carbocycles. The Morgan fingerprint density at radius 3 is 2.32 bits per heavy atom. The Hall–Kier alpha value is -1.91. The fraction of sp³-hybridized carbons (Fsp3) is 0.375. The molecular formula is C24H25BrN2O. The van der Waals surface area contributed by atoms with Crippen LogP contribution in [0.2, 0.25) is 0 Å². The van der Waals surface area contributed by atoms with Gasteiger partial charge in [0, 0.05) is 34.7 Å². The molecule has 0 radical (unpaired) electrons. The summed E-state index contributed by atoms with van der Waals surface area (Å²) in [7, 11) is 0. The number of nitrogens with zero attached hydrogens (tertiary/aromatic N) is 2. The number of ether oxygens (including phenoxy) is 1. The molecule has 0 amide bonds. The first-order valence-corrected chi connectivity index (χ1v) is 11.0. The van der Waals surface area contributed by atoms with E-state index in [1.54, 1.807) is 0 Å². The molecule has 5 rings (SSSR count). The predicted octanol–water partition coefficient (Wildman–Crippen LogP) is 6.12. The maximum Gasteiger partial charge on any atom is 0.142 e. The van der Waals surface area contributed by atoms with E-state index in [0.29, 0.717) is 6.73 Å². The normalized spacial score (nSPS) is 16.6. The molecule has 0 saturated heterocycles. The molecule has 0 aliphatic heterocycles. The third-order valence-electron chi connectivity index (χ3n) is 5.69. The zero-order chi connectivity index (χ0) is 18.9. The Labute approximate surface area is 174 Å². The number of fused-ring (bicyclic) bond motifs is 1. The van der Waals surface area contributed by atoms with Crippen molar-refractivity contribution in [2.24, 2.45) is 11.8 Å². The van der Waals surface area contributed by atoms with Crippen LogP contribution in [0.25, 0.3) is 22.0 Å². The summed E-state index contributed by atoms with van der Waals surface area (Å²) in [6, 6.07) is 16.7. The van der Waals surface area contributed by atoms with E-state index in [2.05, 4.69) is 74.3 Å². The Kier molecular flexibility index (Phi) is 5.08. The van der Waals surface area contributed by atoms with Gasteiger partial charge in [-0.05, 0) is 79.3 Å². The molecule has 3 nitrogen and oxygen atoms in total. The standard InChI is InChI=1S/C24H25BrN2O/c25-21-7-5-19(6-8-21)24-23-10-9-22(13-20(23)11-12-26-24)28-16-27(14-17-1-2-17)15-18-3-4-18/h5-13,17-18H,1-4,14-16H2. The minimum atomic E-state index is 0.698. The topological polar surface area (TPSA) is 25.4 Å². The van der Waals surface area contributed by atoms with Crippen molar-refractivity contribution >= 4 is 26.7 Å². The fourth-order valence-electron chi connectivity index (χ4n) is 3.76. The third kappa shape index (κ3) is 4.39. The van der Waals surface area contributed by atoms with Crippen molar-refractivity contribution in [1.82, 2.24) is 9.88 Å². The molecule has 2 aliphatic rings. The molecule has 144 valence electrons. The second-order valence-corrected chi connectivity index (χ2v) is 9.16. The molecule has 1 heterocycles. The Balaban J connectivity index is 1.33. The first kappa shape index (κ1) is 18.1. The van der Waals surface area contributed by atoms with Gasteiger partial charge in [0.1, 0.15) is 12.5 Å². The molecule has 1 aromatic heterocycles. The second-order valence-electron chi connectivity index (χ2n) is 8.25. The van der Waals surface area contributed by atoms with E-state index < -0.39 is 0 Å². The van der Waals surface area contributed by atoms with Gasteiger partial charge in [0.15, 0.2) is 0 Å². The summed E-state index contributed by atoms with van der Waals surface area (Å²) in [4.78, 5) is 7.14. The van der Waals surface area contributed by atoms with Crippen LogP contribution in [0.4, 0.5) is 0 Å². The summed E-state index contributed by atoms with van der Waals surface area (Å²) in [5.74, 6) is 2.74. The van der Waals surface area contributed by atoms with E-state index in [-0.39, 0.29) is 0 Å². The lowest BCUT2D eigenvalue weighted by atomic mass is 10.0. The Bertz CT molecular complexity index is 950. The number of pyridine rings is 1. The number of hydrogen-bond acceptors (Lipinski definition) is 3. The van der Waals surface area contributed by atoms with Crippen molar-refractivity contribution in [3.05, 3.63) is 59.2 Å². The largest absolute Gasteiger partial charge is 0.478 e. The van der Waals surface area contributed by atoms with Gasteiger partial charge in [-0.1, -0.05) is 28.1 Å². The van der Waals surface area contributed by atoms with E-state index in [9.17, 15) is 0 Å². The zero-order valence-electron chi connectivity index (χ0n) is 16.0. The van der Waals surface area contributed by atoms with Crippen LogP contribution in [0.3, 0.4) is 0 Å². The average molecular weight is 437 g/mol. The molecule has 3 aromatic rings. The summed E-state index contributed by atoms with van der Waals surface area (Å²) in [6.45, 7) is 3.09. The number of halogens is 1. The summed E-state index contributed by atoms with van der Waals surface area (Å²) < 4.78 is 7.27. The molecule has 0 bridgehead atoms. The molecular weight excluding hydrogens is 412 g/mol. The minimum Gasteiger partial charge on any atom is -0.478 e. The highest BCUT2D eigenvalue weighted by molar-refractivity contribution is 9.10. The first-order valence-electron chi connectivity index (χ1n) is 10.2. The van der Waals surface area contributed by atoms with Gasteiger partial charge in [0.25, 0.3) is 0 Å². The van der Waals surface area contributed by atoms with Gasteiger partial charge < -0.3 is 4.74 Å². The van der Waals surface area contributed by atoms with Gasteiger partial charge in [-0.2, -0.15) is 0 Å². The molecule has 0 N–H and O–H groups in total. The highest BCUT2D eigenvalue weighted by atomic mass is 79.9. The number of rotatable bonds is 8. The minimum absolute atomic E-state index is 0.698. The molecule has 28 heavy (non-hydrogen) atoms. The monoisotopic (exact) mass is 436 g/mol. The van der Waals surface area contributed by atoms with Crippen LogP contribution in [-0.4, -0.2) is 29.7 Å². The van der Waals surface area contributed by atoms with Crippen molar-refractivity contribution in [2.75, 3.05) is 19.8 Å². The van der Waals surface area contributed by atoms with Crippen molar-refractivity contribution < 1.29 is 4.74 Å². The van der Waals surface area contributed by atoms with Crippen LogP contribution >= 0.6 is 15.9 Å². The average Bonchev–Trinajstić information content (AvgIpc) is 3.63. The van der Waals surface area contributed by atoms with Crippen LogP contribution in [0.5, 0.6) is 5.75 Å². The van der Waals surface area contributed by atoms with E-state index in [0.717, 1.165) is 38.7 Å². The molecule has 2 aliphatic carbocycles. The van der Waals surface area contributed by atoms with Gasteiger partial charge >= 0.3 is 0 Å². The summed E-state index contributed by atoms with van der Waals surface area (Å²) >= 11 is 3.50. The van der Waals surface area contributed by atoms with Crippen LogP contribution < -0.4 is 4.74 Å². The van der Waals surface area contributed by atoms with Crippen molar-refractivity contribution in [3.63, 3.8) is 0 Å².